The number of nitrogens with zero attached hydrogens (tertiary/aromatic N) is 3. The zero-order valence-corrected chi connectivity index (χ0v) is 18.2. The van der Waals surface area contributed by atoms with Crippen molar-refractivity contribution in [1.29, 1.82) is 0 Å². The van der Waals surface area contributed by atoms with E-state index in [0.29, 0.717) is 17.4 Å². The van der Waals surface area contributed by atoms with Crippen LogP contribution in [0.2, 0.25) is 0 Å². The maximum absolute atomic E-state index is 12.4. The van der Waals surface area contributed by atoms with Gasteiger partial charge in [-0.15, -0.1) is 10.2 Å². The molecule has 1 aromatic heterocycles. The number of thioether (sulfide) groups is 1. The summed E-state index contributed by atoms with van der Waals surface area (Å²) in [6, 6.07) is 16.2. The van der Waals surface area contributed by atoms with Gasteiger partial charge in [0.25, 0.3) is 0 Å². The van der Waals surface area contributed by atoms with Gasteiger partial charge >= 0.3 is 6.03 Å². The SMILES string of the molecule is Cc1cccc(-n2c(CC3CC(=O)NC(=O)N3)nnc2SCC(=O)Nc2ccccc2)c1. The van der Waals surface area contributed by atoms with Crippen molar-refractivity contribution < 1.29 is 14.4 Å². The number of aromatic nitrogens is 3. The second kappa shape index (κ2) is 9.65. The summed E-state index contributed by atoms with van der Waals surface area (Å²) < 4.78 is 1.87. The summed E-state index contributed by atoms with van der Waals surface area (Å²) in [4.78, 5) is 35.8. The van der Waals surface area contributed by atoms with Gasteiger partial charge in [-0.1, -0.05) is 42.1 Å². The second-order valence-electron chi connectivity index (χ2n) is 7.40. The van der Waals surface area contributed by atoms with Crippen LogP contribution in [0.25, 0.3) is 5.69 Å². The van der Waals surface area contributed by atoms with Gasteiger partial charge in [-0.2, -0.15) is 0 Å². The number of carbonyl (C=O) groups is 3. The van der Waals surface area contributed by atoms with Crippen molar-refractivity contribution in [2.75, 3.05) is 11.1 Å². The minimum atomic E-state index is -0.514. The first-order chi connectivity index (χ1) is 15.5. The largest absolute Gasteiger partial charge is 0.334 e. The van der Waals surface area contributed by atoms with E-state index in [9.17, 15) is 14.4 Å². The molecule has 2 heterocycles. The van der Waals surface area contributed by atoms with E-state index in [2.05, 4.69) is 26.1 Å². The van der Waals surface area contributed by atoms with Crippen LogP contribution < -0.4 is 16.0 Å². The third-order valence-electron chi connectivity index (χ3n) is 4.80. The van der Waals surface area contributed by atoms with E-state index >= 15 is 0 Å². The van der Waals surface area contributed by atoms with E-state index < -0.39 is 6.03 Å². The highest BCUT2D eigenvalue weighted by Gasteiger charge is 2.27. The van der Waals surface area contributed by atoms with E-state index in [4.69, 9.17) is 0 Å². The zero-order chi connectivity index (χ0) is 22.5. The molecule has 4 rings (SSSR count). The van der Waals surface area contributed by atoms with Crippen LogP contribution in [-0.4, -0.2) is 44.4 Å². The van der Waals surface area contributed by atoms with Crippen molar-refractivity contribution >= 4 is 35.3 Å². The molecule has 3 aromatic rings. The molecule has 9 nitrogen and oxygen atoms in total. The molecule has 1 unspecified atom stereocenters. The fourth-order valence-corrected chi connectivity index (χ4v) is 4.19. The fourth-order valence-electron chi connectivity index (χ4n) is 3.42. The molecule has 1 fully saturated rings. The molecule has 1 aliphatic rings. The van der Waals surface area contributed by atoms with Crippen molar-refractivity contribution in [3.8, 4) is 5.69 Å². The molecular weight excluding hydrogens is 428 g/mol. The van der Waals surface area contributed by atoms with E-state index in [1.807, 2.05) is 66.1 Å². The van der Waals surface area contributed by atoms with Crippen molar-refractivity contribution in [1.82, 2.24) is 25.4 Å². The van der Waals surface area contributed by atoms with E-state index in [-0.39, 0.29) is 30.0 Å². The molecule has 1 saturated heterocycles. The van der Waals surface area contributed by atoms with Gasteiger partial charge in [0.15, 0.2) is 5.16 Å². The fraction of sp³-hybridized carbons (Fsp3) is 0.227. The Balaban J connectivity index is 1.54. The lowest BCUT2D eigenvalue weighted by molar-refractivity contribution is -0.121. The van der Waals surface area contributed by atoms with Gasteiger partial charge in [0.1, 0.15) is 5.82 Å². The van der Waals surface area contributed by atoms with Crippen LogP contribution in [0.3, 0.4) is 0 Å². The summed E-state index contributed by atoms with van der Waals surface area (Å²) in [5.41, 5.74) is 2.64. The molecule has 164 valence electrons. The van der Waals surface area contributed by atoms with Gasteiger partial charge in [-0.05, 0) is 36.8 Å². The molecule has 1 aliphatic heterocycles. The zero-order valence-electron chi connectivity index (χ0n) is 17.4. The molecule has 0 bridgehead atoms. The lowest BCUT2D eigenvalue weighted by Gasteiger charge is -2.23. The summed E-state index contributed by atoms with van der Waals surface area (Å²) >= 11 is 1.27. The van der Waals surface area contributed by atoms with E-state index in [0.717, 1.165) is 16.9 Å². The normalized spacial score (nSPS) is 15.7. The Labute approximate surface area is 189 Å². The lowest BCUT2D eigenvalue weighted by atomic mass is 10.1. The first-order valence-electron chi connectivity index (χ1n) is 10.1. The molecule has 0 saturated carbocycles. The van der Waals surface area contributed by atoms with Crippen LogP contribution in [0.1, 0.15) is 17.8 Å². The van der Waals surface area contributed by atoms with Gasteiger partial charge in [0.05, 0.1) is 5.75 Å². The predicted molar refractivity (Wildman–Crippen MR) is 121 cm³/mol. The molecule has 0 radical (unpaired) electrons. The third-order valence-corrected chi connectivity index (χ3v) is 5.73. The number of hydrogen-bond acceptors (Lipinski definition) is 6. The number of carbonyl (C=O) groups excluding carboxylic acids is 3. The molecule has 0 aliphatic carbocycles. The Bertz CT molecular complexity index is 1130. The molecule has 32 heavy (non-hydrogen) atoms. The summed E-state index contributed by atoms with van der Waals surface area (Å²) in [5, 5.41) is 17.0. The van der Waals surface area contributed by atoms with E-state index in [1.54, 1.807) is 0 Å². The van der Waals surface area contributed by atoms with Crippen molar-refractivity contribution in [3.05, 3.63) is 66.0 Å². The highest BCUT2D eigenvalue weighted by molar-refractivity contribution is 7.99. The lowest BCUT2D eigenvalue weighted by Crippen LogP contribution is -2.53. The minimum absolute atomic E-state index is 0.154. The number of anilines is 1. The van der Waals surface area contributed by atoms with Gasteiger partial charge in [0.2, 0.25) is 11.8 Å². The number of hydrogen-bond donors (Lipinski definition) is 3. The number of benzene rings is 2. The number of amides is 4. The van der Waals surface area contributed by atoms with Crippen molar-refractivity contribution in [3.63, 3.8) is 0 Å². The third kappa shape index (κ3) is 5.33. The van der Waals surface area contributed by atoms with Gasteiger partial charge < -0.3 is 10.6 Å². The standard InChI is InChI=1S/C22H22N6O3S/c1-14-6-5-9-17(10-14)28-18(11-16-12-19(29)25-21(31)24-16)26-27-22(28)32-13-20(30)23-15-7-3-2-4-8-15/h2-10,16H,11-13H2,1H3,(H,23,30)(H2,24,25,29,31). The number of imide groups is 1. The molecule has 1 atom stereocenters. The Kier molecular flexibility index (Phi) is 6.50. The Hall–Kier alpha value is -3.66. The van der Waals surface area contributed by atoms with E-state index in [1.165, 1.54) is 11.8 Å². The second-order valence-corrected chi connectivity index (χ2v) is 8.35. The number of urea groups is 1. The molecule has 4 amide bonds. The average Bonchev–Trinajstić information content (AvgIpc) is 3.14. The maximum atomic E-state index is 12.4. The number of aryl methyl sites for hydroxylation is 1. The summed E-state index contributed by atoms with van der Waals surface area (Å²) in [7, 11) is 0. The molecule has 3 N–H and O–H groups in total. The highest BCUT2D eigenvalue weighted by atomic mass is 32.2. The number of para-hydroxylation sites is 1. The van der Waals surface area contributed by atoms with Gasteiger partial charge in [-0.3, -0.25) is 19.5 Å². The number of nitrogens with one attached hydrogen (secondary N) is 3. The summed E-state index contributed by atoms with van der Waals surface area (Å²) in [6.07, 6.45) is 0.491. The minimum Gasteiger partial charge on any atom is -0.334 e. The molecule has 2 aromatic carbocycles. The summed E-state index contributed by atoms with van der Waals surface area (Å²) in [5.74, 6) is 0.272. The molecular formula is C22H22N6O3S. The van der Waals surface area contributed by atoms with Crippen LogP contribution in [-0.2, 0) is 16.0 Å². The smallest absolute Gasteiger partial charge is 0.321 e. The van der Waals surface area contributed by atoms with Crippen molar-refractivity contribution in [2.45, 2.75) is 31.0 Å². The Morgan fingerprint density at radius 2 is 1.97 bits per heavy atom. The monoisotopic (exact) mass is 450 g/mol. The van der Waals surface area contributed by atoms with Crippen LogP contribution in [0.15, 0.2) is 59.8 Å². The average molecular weight is 451 g/mol. The Morgan fingerprint density at radius 3 is 2.72 bits per heavy atom. The quantitative estimate of drug-likeness (QED) is 0.476. The highest BCUT2D eigenvalue weighted by Crippen LogP contribution is 2.24. The summed E-state index contributed by atoms with van der Waals surface area (Å²) in [6.45, 7) is 1.99. The van der Waals surface area contributed by atoms with Crippen molar-refractivity contribution in [2.24, 2.45) is 0 Å². The number of rotatable bonds is 7. The van der Waals surface area contributed by atoms with Crippen LogP contribution in [0.4, 0.5) is 10.5 Å². The topological polar surface area (TPSA) is 118 Å². The van der Waals surface area contributed by atoms with Crippen LogP contribution in [0, 0.1) is 6.92 Å². The van der Waals surface area contributed by atoms with Gasteiger partial charge in [-0.25, -0.2) is 4.79 Å². The molecule has 10 heteroatoms. The van der Waals surface area contributed by atoms with Crippen LogP contribution in [0.5, 0.6) is 0 Å². The Morgan fingerprint density at radius 1 is 1.16 bits per heavy atom. The van der Waals surface area contributed by atoms with Gasteiger partial charge in [0, 0.05) is 30.3 Å². The molecule has 0 spiro atoms. The van der Waals surface area contributed by atoms with Crippen LogP contribution >= 0.6 is 11.8 Å². The predicted octanol–water partition coefficient (Wildman–Crippen LogP) is 2.45. The first kappa shape index (κ1) is 21.6. The first-order valence-corrected chi connectivity index (χ1v) is 11.1. The maximum Gasteiger partial charge on any atom is 0.321 e.